The van der Waals surface area contributed by atoms with Gasteiger partial charge in [-0.15, -0.1) is 0 Å². The molecule has 0 spiro atoms. The van der Waals surface area contributed by atoms with E-state index in [0.29, 0.717) is 22.2 Å². The third-order valence-corrected chi connectivity index (χ3v) is 5.50. The van der Waals surface area contributed by atoms with E-state index in [4.69, 9.17) is 8.83 Å². The Morgan fingerprint density at radius 1 is 0.552 bits per heavy atom. The summed E-state index contributed by atoms with van der Waals surface area (Å²) in [5, 5.41) is 22.7. The van der Waals surface area contributed by atoms with Gasteiger partial charge in [-0.25, -0.2) is 0 Å². The molecule has 0 radical (unpaired) electrons. The Bertz CT molecular complexity index is 1530. The van der Waals surface area contributed by atoms with Crippen molar-refractivity contribution < 1.29 is 18.9 Å². The van der Waals surface area contributed by atoms with Gasteiger partial charge in [0.2, 0.25) is 0 Å². The lowest BCUT2D eigenvalue weighted by Gasteiger charge is -2.01. The maximum absolute atomic E-state index is 9.49. The van der Waals surface area contributed by atoms with E-state index < -0.39 is 7.12 Å². The fourth-order valence-electron chi connectivity index (χ4n) is 4.06. The molecule has 2 aromatic heterocycles. The van der Waals surface area contributed by atoms with E-state index in [2.05, 4.69) is 24.3 Å². The highest BCUT2D eigenvalue weighted by Crippen LogP contribution is 2.39. The molecule has 6 aromatic rings. The molecule has 0 atom stereocenters. The maximum atomic E-state index is 9.49. The predicted octanol–water partition coefficient (Wildman–Crippen LogP) is 4.83. The molecule has 0 saturated heterocycles. The zero-order valence-electron chi connectivity index (χ0n) is 15.3. The highest BCUT2D eigenvalue weighted by molar-refractivity contribution is 6.59. The Hall–Kier alpha value is -3.54. The summed E-state index contributed by atoms with van der Waals surface area (Å²) in [5.74, 6) is 0. The Kier molecular flexibility index (Phi) is 3.39. The van der Waals surface area contributed by atoms with Crippen LogP contribution in [-0.4, -0.2) is 17.2 Å². The maximum Gasteiger partial charge on any atom is 0.488 e. The van der Waals surface area contributed by atoms with Crippen LogP contribution < -0.4 is 5.46 Å². The molecule has 4 nitrogen and oxygen atoms in total. The topological polar surface area (TPSA) is 66.7 Å². The first kappa shape index (κ1) is 16.4. The molecule has 0 unspecified atom stereocenters. The normalized spacial score (nSPS) is 11.8. The third kappa shape index (κ3) is 2.42. The minimum atomic E-state index is -1.52. The van der Waals surface area contributed by atoms with Crippen LogP contribution in [0.2, 0.25) is 0 Å². The van der Waals surface area contributed by atoms with Crippen molar-refractivity contribution in [3.05, 3.63) is 78.9 Å². The first-order chi connectivity index (χ1) is 14.2. The minimum absolute atomic E-state index is 0.428. The zero-order chi connectivity index (χ0) is 19.5. The van der Waals surface area contributed by atoms with Crippen molar-refractivity contribution in [1.29, 1.82) is 0 Å². The van der Waals surface area contributed by atoms with Gasteiger partial charge in [0.1, 0.15) is 11.2 Å². The van der Waals surface area contributed by atoms with Crippen LogP contribution in [0, 0.1) is 0 Å². The summed E-state index contributed by atoms with van der Waals surface area (Å²) >= 11 is 0. The first-order valence-corrected chi connectivity index (χ1v) is 9.42. The van der Waals surface area contributed by atoms with E-state index in [1.54, 1.807) is 18.2 Å². The molecule has 0 saturated carbocycles. The van der Waals surface area contributed by atoms with Crippen molar-refractivity contribution >= 4 is 56.5 Å². The fraction of sp³-hybridized carbons (Fsp3) is 0. The molecule has 2 N–H and O–H groups in total. The molecule has 2 heterocycles. The van der Waals surface area contributed by atoms with Gasteiger partial charge < -0.3 is 18.9 Å². The van der Waals surface area contributed by atoms with E-state index in [0.717, 1.165) is 38.3 Å². The van der Waals surface area contributed by atoms with Crippen LogP contribution in [0.25, 0.3) is 55.0 Å². The third-order valence-electron chi connectivity index (χ3n) is 5.50. The molecule has 4 aromatic carbocycles. The highest BCUT2D eigenvalue weighted by atomic mass is 16.4. The van der Waals surface area contributed by atoms with E-state index in [1.165, 1.54) is 0 Å². The Labute approximate surface area is 165 Å². The summed E-state index contributed by atoms with van der Waals surface area (Å²) in [6.45, 7) is 0. The monoisotopic (exact) mass is 378 g/mol. The van der Waals surface area contributed by atoms with Crippen molar-refractivity contribution in [3.8, 4) is 11.1 Å². The quantitative estimate of drug-likeness (QED) is 0.424. The summed E-state index contributed by atoms with van der Waals surface area (Å²) in [6, 6.07) is 25.6. The average molecular weight is 378 g/mol. The Morgan fingerprint density at radius 3 is 1.83 bits per heavy atom. The zero-order valence-corrected chi connectivity index (χ0v) is 15.3. The van der Waals surface area contributed by atoms with Crippen molar-refractivity contribution in [3.63, 3.8) is 0 Å². The molecule has 0 aliphatic rings. The van der Waals surface area contributed by atoms with Crippen molar-refractivity contribution in [1.82, 2.24) is 0 Å². The number of benzene rings is 4. The van der Waals surface area contributed by atoms with Gasteiger partial charge in [0, 0.05) is 21.5 Å². The molecule has 5 heteroatoms. The van der Waals surface area contributed by atoms with Crippen LogP contribution in [0.1, 0.15) is 0 Å². The lowest BCUT2D eigenvalue weighted by molar-refractivity contribution is 0.426. The molecule has 0 amide bonds. The number of hydrogen-bond acceptors (Lipinski definition) is 4. The highest BCUT2D eigenvalue weighted by Gasteiger charge is 2.18. The van der Waals surface area contributed by atoms with Gasteiger partial charge in [-0.3, -0.25) is 0 Å². The summed E-state index contributed by atoms with van der Waals surface area (Å²) in [4.78, 5) is 0. The first-order valence-electron chi connectivity index (χ1n) is 9.42. The standard InChI is InChI=1S/C24H15BO4/c26-25(27)16-7-11-22-20(13-16)18-9-8-17-19-12-15(14-4-2-1-3-5-14)6-10-21(19)28-23(17)24(18)29-22/h1-13,26-27H. The van der Waals surface area contributed by atoms with Crippen molar-refractivity contribution in [2.45, 2.75) is 0 Å². The van der Waals surface area contributed by atoms with Gasteiger partial charge in [0.25, 0.3) is 0 Å². The summed E-state index contributed by atoms with van der Waals surface area (Å²) in [7, 11) is -1.52. The van der Waals surface area contributed by atoms with Crippen LogP contribution in [0.5, 0.6) is 0 Å². The molecule has 0 aliphatic heterocycles. The van der Waals surface area contributed by atoms with Gasteiger partial charge in [0.05, 0.1) is 0 Å². The average Bonchev–Trinajstić information content (AvgIpc) is 3.31. The molecule has 0 fully saturated rings. The summed E-state index contributed by atoms with van der Waals surface area (Å²) < 4.78 is 12.3. The number of furan rings is 2. The van der Waals surface area contributed by atoms with Gasteiger partial charge in [-0.05, 0) is 46.9 Å². The smallest absolute Gasteiger partial charge is 0.452 e. The number of fused-ring (bicyclic) bond motifs is 7. The van der Waals surface area contributed by atoms with Gasteiger partial charge in [0.15, 0.2) is 11.2 Å². The van der Waals surface area contributed by atoms with Crippen LogP contribution in [0.15, 0.2) is 87.7 Å². The second-order valence-corrected chi connectivity index (χ2v) is 7.23. The molecule has 0 aliphatic carbocycles. The van der Waals surface area contributed by atoms with Crippen LogP contribution in [-0.2, 0) is 0 Å². The second kappa shape index (κ2) is 5.98. The second-order valence-electron chi connectivity index (χ2n) is 7.23. The van der Waals surface area contributed by atoms with Crippen LogP contribution in [0.3, 0.4) is 0 Å². The Morgan fingerprint density at radius 2 is 1.17 bits per heavy atom. The van der Waals surface area contributed by atoms with Crippen molar-refractivity contribution in [2.24, 2.45) is 0 Å². The molecular weight excluding hydrogens is 363 g/mol. The molecular formula is C24H15BO4. The van der Waals surface area contributed by atoms with Gasteiger partial charge >= 0.3 is 7.12 Å². The van der Waals surface area contributed by atoms with Crippen LogP contribution in [0.4, 0.5) is 0 Å². The Balaban J connectivity index is 1.64. The summed E-state index contributed by atoms with van der Waals surface area (Å²) in [5.41, 5.74) is 5.57. The lowest BCUT2D eigenvalue weighted by atomic mass is 9.80. The van der Waals surface area contributed by atoms with E-state index in [-0.39, 0.29) is 0 Å². The SMILES string of the molecule is OB(O)c1ccc2oc3c(ccc4c5cc(-c6ccccc6)ccc5oc43)c2c1. The predicted molar refractivity (Wildman–Crippen MR) is 116 cm³/mol. The lowest BCUT2D eigenvalue weighted by Crippen LogP contribution is -2.29. The van der Waals surface area contributed by atoms with Crippen LogP contribution >= 0.6 is 0 Å². The van der Waals surface area contributed by atoms with E-state index in [9.17, 15) is 10.0 Å². The molecule has 6 rings (SSSR count). The van der Waals surface area contributed by atoms with Gasteiger partial charge in [-0.1, -0.05) is 48.5 Å². The number of hydrogen-bond donors (Lipinski definition) is 2. The number of rotatable bonds is 2. The largest absolute Gasteiger partial charge is 0.488 e. The summed E-state index contributed by atoms with van der Waals surface area (Å²) in [6.07, 6.45) is 0. The minimum Gasteiger partial charge on any atom is -0.452 e. The van der Waals surface area contributed by atoms with E-state index >= 15 is 0 Å². The van der Waals surface area contributed by atoms with Crippen molar-refractivity contribution in [2.75, 3.05) is 0 Å². The van der Waals surface area contributed by atoms with Gasteiger partial charge in [-0.2, -0.15) is 0 Å². The molecule has 29 heavy (non-hydrogen) atoms. The van der Waals surface area contributed by atoms with E-state index in [1.807, 2.05) is 36.4 Å². The molecule has 138 valence electrons. The molecule has 0 bridgehead atoms. The fourth-order valence-corrected chi connectivity index (χ4v) is 4.06.